The normalized spacial score (nSPS) is 11.7. The first kappa shape index (κ1) is 10.9. The molecule has 1 heterocycles. The van der Waals surface area contributed by atoms with Crippen LogP contribution < -0.4 is 5.56 Å². The van der Waals surface area contributed by atoms with E-state index in [0.29, 0.717) is 0 Å². The molecule has 0 unspecified atom stereocenters. The molecule has 0 spiro atoms. The van der Waals surface area contributed by atoms with Crippen LogP contribution in [0.3, 0.4) is 0 Å². The molecule has 0 aliphatic rings. The number of aromatic amines is 1. The number of hydrogen-bond acceptors (Lipinski definition) is 3. The van der Waals surface area contributed by atoms with Gasteiger partial charge in [0, 0.05) is 0 Å². The second-order valence-corrected chi connectivity index (χ2v) is 4.71. The van der Waals surface area contributed by atoms with Crippen molar-refractivity contribution in [3.63, 3.8) is 0 Å². The molecule has 72 valence electrons. The van der Waals surface area contributed by atoms with Gasteiger partial charge in [0.25, 0.3) is 5.56 Å². The molecule has 0 aliphatic heterocycles. The molecule has 13 heavy (non-hydrogen) atoms. The Balaban J connectivity index is 3.38. The van der Waals surface area contributed by atoms with Gasteiger partial charge < -0.3 is 10.1 Å². The quantitative estimate of drug-likeness (QED) is 0.704. The van der Waals surface area contributed by atoms with Crippen LogP contribution >= 0.6 is 46.4 Å². The average molecular weight is 264 g/mol. The third-order valence-electron chi connectivity index (χ3n) is 1.11. The van der Waals surface area contributed by atoms with E-state index in [4.69, 9.17) is 51.5 Å². The summed E-state index contributed by atoms with van der Waals surface area (Å²) in [5.41, 5.74) is -0.768. The molecular formula is C5H2Cl4N2O2. The number of alkyl halides is 3. The third-order valence-corrected chi connectivity index (χ3v) is 1.99. The Hall–Kier alpha value is -0.160. The molecule has 0 saturated heterocycles. The molecule has 8 heteroatoms. The molecular weight excluding hydrogens is 262 g/mol. The lowest BCUT2D eigenvalue weighted by atomic mass is 10.5. The minimum atomic E-state index is -1.90. The summed E-state index contributed by atoms with van der Waals surface area (Å²) >= 11 is 21.5. The smallest absolute Gasteiger partial charge is 0.273 e. The number of aromatic nitrogens is 2. The molecule has 0 amide bonds. The van der Waals surface area contributed by atoms with Crippen LogP contribution in [0.2, 0.25) is 5.02 Å². The van der Waals surface area contributed by atoms with E-state index in [1.54, 1.807) is 0 Å². The van der Waals surface area contributed by atoms with E-state index < -0.39 is 20.3 Å². The molecule has 0 radical (unpaired) electrons. The van der Waals surface area contributed by atoms with E-state index in [1.165, 1.54) is 0 Å². The highest BCUT2D eigenvalue weighted by Crippen LogP contribution is 2.36. The standard InChI is InChI=1S/C5H2Cl4N2O2/c6-1-2(12)10-4(5(7,8)9)11-3(1)13/h(H2,10,11,12,13). The van der Waals surface area contributed by atoms with Crippen molar-refractivity contribution in [3.05, 3.63) is 21.2 Å². The summed E-state index contributed by atoms with van der Waals surface area (Å²) < 4.78 is -1.90. The number of nitrogens with one attached hydrogen (secondary N) is 1. The number of halogens is 4. The highest BCUT2D eigenvalue weighted by atomic mass is 35.6. The Morgan fingerprint density at radius 1 is 1.38 bits per heavy atom. The molecule has 0 saturated carbocycles. The van der Waals surface area contributed by atoms with Gasteiger partial charge in [-0.25, -0.2) is 0 Å². The summed E-state index contributed by atoms with van der Waals surface area (Å²) in [6.45, 7) is 0. The second kappa shape index (κ2) is 3.53. The van der Waals surface area contributed by atoms with Crippen LogP contribution in [0.1, 0.15) is 5.82 Å². The first-order valence-electron chi connectivity index (χ1n) is 2.88. The molecule has 1 aromatic rings. The number of rotatable bonds is 0. The Labute approximate surface area is 92.4 Å². The largest absolute Gasteiger partial charge is 0.492 e. The zero-order valence-corrected chi connectivity index (χ0v) is 8.84. The van der Waals surface area contributed by atoms with Crippen LogP contribution in [0.4, 0.5) is 0 Å². The maximum Gasteiger partial charge on any atom is 0.273 e. The average Bonchev–Trinajstić information content (AvgIpc) is 1.97. The van der Waals surface area contributed by atoms with Crippen molar-refractivity contribution in [2.45, 2.75) is 3.79 Å². The molecule has 0 atom stereocenters. The lowest BCUT2D eigenvalue weighted by molar-refractivity contribution is 0.448. The van der Waals surface area contributed by atoms with Gasteiger partial charge in [0.2, 0.25) is 9.67 Å². The van der Waals surface area contributed by atoms with Gasteiger partial charge in [0.1, 0.15) is 0 Å². The number of nitrogens with zero attached hydrogens (tertiary/aromatic N) is 1. The molecule has 0 fully saturated rings. The summed E-state index contributed by atoms with van der Waals surface area (Å²) in [5.74, 6) is -0.962. The Morgan fingerprint density at radius 2 is 1.92 bits per heavy atom. The number of H-pyrrole nitrogens is 1. The van der Waals surface area contributed by atoms with Crippen LogP contribution in [0, 0.1) is 0 Å². The Bertz CT molecular complexity index is 383. The van der Waals surface area contributed by atoms with E-state index in [0.717, 1.165) is 0 Å². The minimum absolute atomic E-state index is 0.288. The summed E-state index contributed by atoms with van der Waals surface area (Å²) in [6, 6.07) is 0. The lowest BCUT2D eigenvalue weighted by Gasteiger charge is -2.09. The topological polar surface area (TPSA) is 66.0 Å². The maximum absolute atomic E-state index is 10.9. The van der Waals surface area contributed by atoms with Gasteiger partial charge in [-0.3, -0.25) is 4.79 Å². The van der Waals surface area contributed by atoms with Crippen molar-refractivity contribution in [2.24, 2.45) is 0 Å². The summed E-state index contributed by atoms with van der Waals surface area (Å²) in [5, 5.41) is 8.56. The van der Waals surface area contributed by atoms with Gasteiger partial charge in [0.15, 0.2) is 10.8 Å². The fourth-order valence-corrected chi connectivity index (χ4v) is 0.939. The zero-order chi connectivity index (χ0) is 10.2. The summed E-state index contributed by atoms with van der Waals surface area (Å²) in [6.07, 6.45) is 0. The van der Waals surface area contributed by atoms with Crippen LogP contribution in [0.15, 0.2) is 4.79 Å². The minimum Gasteiger partial charge on any atom is -0.492 e. The van der Waals surface area contributed by atoms with Crippen molar-refractivity contribution in [1.82, 2.24) is 9.97 Å². The summed E-state index contributed by atoms with van der Waals surface area (Å²) in [7, 11) is 0. The predicted octanol–water partition coefficient (Wildman–Crippen LogP) is 1.96. The first-order chi connectivity index (χ1) is 5.82. The number of hydrogen-bond donors (Lipinski definition) is 2. The fourth-order valence-electron chi connectivity index (χ4n) is 0.581. The lowest BCUT2D eigenvalue weighted by Crippen LogP contribution is -2.17. The van der Waals surface area contributed by atoms with Crippen molar-refractivity contribution >= 4 is 46.4 Å². The predicted molar refractivity (Wildman–Crippen MR) is 50.8 cm³/mol. The van der Waals surface area contributed by atoms with Crippen LogP contribution in [0.5, 0.6) is 5.88 Å². The first-order valence-corrected chi connectivity index (χ1v) is 4.39. The number of aromatic hydroxyl groups is 1. The van der Waals surface area contributed by atoms with E-state index in [9.17, 15) is 4.79 Å². The van der Waals surface area contributed by atoms with E-state index in [1.807, 2.05) is 0 Å². The van der Waals surface area contributed by atoms with Gasteiger partial charge in [0.05, 0.1) is 0 Å². The van der Waals surface area contributed by atoms with Gasteiger partial charge in [-0.15, -0.1) is 0 Å². The molecule has 2 N–H and O–H groups in total. The zero-order valence-electron chi connectivity index (χ0n) is 5.81. The molecule has 0 bridgehead atoms. The Kier molecular flexibility index (Phi) is 2.97. The highest BCUT2D eigenvalue weighted by Gasteiger charge is 2.27. The molecule has 0 aromatic carbocycles. The Morgan fingerprint density at radius 3 is 2.31 bits per heavy atom. The highest BCUT2D eigenvalue weighted by molar-refractivity contribution is 6.66. The van der Waals surface area contributed by atoms with Gasteiger partial charge in [-0.1, -0.05) is 46.4 Å². The van der Waals surface area contributed by atoms with Crippen molar-refractivity contribution in [1.29, 1.82) is 0 Å². The van der Waals surface area contributed by atoms with Crippen LogP contribution in [-0.2, 0) is 3.79 Å². The van der Waals surface area contributed by atoms with Crippen LogP contribution in [0.25, 0.3) is 0 Å². The van der Waals surface area contributed by atoms with Crippen LogP contribution in [-0.4, -0.2) is 15.1 Å². The SMILES string of the molecule is O=c1[nH]c(C(Cl)(Cl)Cl)nc(O)c1Cl. The van der Waals surface area contributed by atoms with Crippen molar-refractivity contribution < 1.29 is 5.11 Å². The van der Waals surface area contributed by atoms with Gasteiger partial charge in [-0.05, 0) is 0 Å². The fraction of sp³-hybridized carbons (Fsp3) is 0.200. The molecule has 1 rings (SSSR count). The van der Waals surface area contributed by atoms with Gasteiger partial charge in [-0.2, -0.15) is 4.98 Å². The molecule has 4 nitrogen and oxygen atoms in total. The van der Waals surface area contributed by atoms with E-state index in [-0.39, 0.29) is 5.82 Å². The van der Waals surface area contributed by atoms with Gasteiger partial charge >= 0.3 is 0 Å². The van der Waals surface area contributed by atoms with Crippen molar-refractivity contribution in [3.8, 4) is 5.88 Å². The molecule has 1 aromatic heterocycles. The monoisotopic (exact) mass is 262 g/mol. The second-order valence-electron chi connectivity index (χ2n) is 2.05. The van der Waals surface area contributed by atoms with Crippen molar-refractivity contribution in [2.75, 3.05) is 0 Å². The van der Waals surface area contributed by atoms with E-state index >= 15 is 0 Å². The molecule has 0 aliphatic carbocycles. The summed E-state index contributed by atoms with van der Waals surface area (Å²) in [4.78, 5) is 16.4. The third kappa shape index (κ3) is 2.40. The maximum atomic E-state index is 10.9. The van der Waals surface area contributed by atoms with E-state index in [2.05, 4.69) is 9.97 Å².